The zero-order valence-corrected chi connectivity index (χ0v) is 6.71. The minimum atomic E-state index is 0.709. The fourth-order valence-corrected chi connectivity index (χ4v) is 1.12. The van der Waals surface area contributed by atoms with Crippen LogP contribution in [0.4, 0.5) is 0 Å². The van der Waals surface area contributed by atoms with Crippen molar-refractivity contribution >= 4 is 11.3 Å². The molecule has 0 N–H and O–H groups in total. The normalized spacial score (nSPS) is 7.91. The van der Waals surface area contributed by atoms with E-state index in [-0.39, 0.29) is 0 Å². The minimum absolute atomic E-state index is 0.709. The average Bonchev–Trinajstić information content (AvgIpc) is 2.16. The summed E-state index contributed by atoms with van der Waals surface area (Å²) in [5.74, 6) is 0. The molecule has 1 aromatic rings. The zero-order valence-electron chi connectivity index (χ0n) is 5.90. The van der Waals surface area contributed by atoms with Gasteiger partial charge in [-0.3, -0.25) is 0 Å². The summed E-state index contributed by atoms with van der Waals surface area (Å²) in [5, 5.41) is 10.5. The number of hydrogen-bond acceptors (Lipinski definition) is 2. The molecule has 1 heterocycles. The van der Waals surface area contributed by atoms with Gasteiger partial charge >= 0.3 is 0 Å². The maximum Gasteiger partial charge on any atom is 0.110 e. The molecule has 0 aliphatic rings. The molecule has 54 valence electrons. The van der Waals surface area contributed by atoms with Crippen molar-refractivity contribution < 1.29 is 0 Å². The molecule has 0 fully saturated rings. The molecular weight excluding hydrogens is 154 g/mol. The molecule has 1 rings (SSSR count). The Morgan fingerprint density at radius 1 is 1.09 bits per heavy atom. The van der Waals surface area contributed by atoms with Crippen molar-refractivity contribution in [3.8, 4) is 6.07 Å². The summed E-state index contributed by atoms with van der Waals surface area (Å²) in [6.07, 6.45) is 0. The van der Waals surface area contributed by atoms with Crippen LogP contribution in [-0.4, -0.2) is 0 Å². The van der Waals surface area contributed by atoms with Crippen molar-refractivity contribution in [1.82, 2.24) is 0 Å². The number of nitrogens with zero attached hydrogens (tertiary/aromatic N) is 1. The van der Waals surface area contributed by atoms with Gasteiger partial charge in [-0.05, 0) is 11.4 Å². The van der Waals surface area contributed by atoms with E-state index in [9.17, 15) is 0 Å². The molecule has 0 radical (unpaired) electrons. The van der Waals surface area contributed by atoms with Gasteiger partial charge in [-0.2, -0.15) is 5.26 Å². The summed E-state index contributed by atoms with van der Waals surface area (Å²) in [6, 6.07) is 13.4. The highest BCUT2D eigenvalue weighted by molar-refractivity contribution is 7.10. The Hall–Kier alpha value is -1.33. The van der Waals surface area contributed by atoms with Gasteiger partial charge in [-0.25, -0.2) is 0 Å². The van der Waals surface area contributed by atoms with Gasteiger partial charge in [-0.15, -0.1) is 11.3 Å². The van der Waals surface area contributed by atoms with Gasteiger partial charge in [-0.1, -0.05) is 30.3 Å². The Morgan fingerprint density at radius 3 is 2.64 bits per heavy atom. The Bertz CT molecular complexity index is 283. The van der Waals surface area contributed by atoms with Gasteiger partial charge in [0.25, 0.3) is 0 Å². The molecule has 0 aliphatic carbocycles. The first-order valence-corrected chi connectivity index (χ1v) is 4.08. The van der Waals surface area contributed by atoms with E-state index in [2.05, 4.69) is 6.07 Å². The summed E-state index contributed by atoms with van der Waals surface area (Å²) in [6.45, 7) is 0. The molecule has 0 bridgehead atoms. The fraction of sp³-hybridized carbons (Fsp3) is 0. The van der Waals surface area contributed by atoms with Crippen molar-refractivity contribution in [2.45, 2.75) is 0 Å². The second kappa shape index (κ2) is 4.48. The van der Waals surface area contributed by atoms with E-state index in [1.807, 2.05) is 35.7 Å². The second-order valence-electron chi connectivity index (χ2n) is 1.86. The summed E-state index contributed by atoms with van der Waals surface area (Å²) >= 11 is 1.43. The lowest BCUT2D eigenvalue weighted by molar-refractivity contribution is 1.52. The maximum absolute atomic E-state index is 8.57. The zero-order chi connectivity index (χ0) is 7.94. The summed E-state index contributed by atoms with van der Waals surface area (Å²) in [7, 11) is 0. The highest BCUT2D eigenvalue weighted by Crippen LogP contribution is 2.00. The molecule has 0 aliphatic heterocycles. The molecule has 0 atom stereocenters. The Kier molecular flexibility index (Phi) is 3.17. The van der Waals surface area contributed by atoms with E-state index < -0.39 is 0 Å². The Morgan fingerprint density at radius 2 is 1.82 bits per heavy atom. The smallest absolute Gasteiger partial charge is 0.110 e. The predicted octanol–water partition coefficient (Wildman–Crippen LogP) is 2.74. The van der Waals surface area contributed by atoms with E-state index in [1.54, 1.807) is 6.07 Å². The second-order valence-corrected chi connectivity index (χ2v) is 2.81. The molecule has 0 amide bonds. The Balaban J connectivity index is 3.20. The van der Waals surface area contributed by atoms with E-state index in [4.69, 9.17) is 5.26 Å². The molecule has 0 unspecified atom stereocenters. The van der Waals surface area contributed by atoms with Crippen LogP contribution in [0.2, 0.25) is 0 Å². The van der Waals surface area contributed by atoms with Gasteiger partial charge in [0.15, 0.2) is 0 Å². The minimum Gasteiger partial charge on any atom is -0.192 e. The monoisotopic (exact) mass is 161 g/mol. The molecule has 0 saturated carbocycles. The molecule has 1 aromatic heterocycles. The quantitative estimate of drug-likeness (QED) is 0.574. The van der Waals surface area contributed by atoms with Gasteiger partial charge < -0.3 is 0 Å². The highest BCUT2D eigenvalue weighted by Gasteiger charge is 1.78. The fourth-order valence-electron chi connectivity index (χ4n) is 0.596. The SMILES string of the molecule is N#Cc1cccccccs1. The van der Waals surface area contributed by atoms with Gasteiger partial charge in [0.2, 0.25) is 0 Å². The molecular formula is C9H7NS. The number of hydrogen-bond donors (Lipinski definition) is 0. The van der Waals surface area contributed by atoms with Crippen LogP contribution in [0.15, 0.2) is 41.8 Å². The van der Waals surface area contributed by atoms with Gasteiger partial charge in [0.05, 0.1) is 0 Å². The molecule has 2 heteroatoms. The van der Waals surface area contributed by atoms with Crippen LogP contribution in [0.5, 0.6) is 0 Å². The van der Waals surface area contributed by atoms with Gasteiger partial charge in [0.1, 0.15) is 10.9 Å². The third-order valence-electron chi connectivity index (χ3n) is 1.08. The van der Waals surface area contributed by atoms with Crippen LogP contribution < -0.4 is 0 Å². The molecule has 0 saturated heterocycles. The van der Waals surface area contributed by atoms with Crippen LogP contribution in [0.3, 0.4) is 0 Å². The molecule has 0 spiro atoms. The lowest BCUT2D eigenvalue weighted by Crippen LogP contribution is -1.56. The summed E-state index contributed by atoms with van der Waals surface area (Å²) in [4.78, 5) is 0.709. The first kappa shape index (κ1) is 7.77. The molecule has 11 heavy (non-hydrogen) atoms. The van der Waals surface area contributed by atoms with Crippen LogP contribution >= 0.6 is 11.3 Å². The van der Waals surface area contributed by atoms with E-state index in [0.717, 1.165) is 0 Å². The van der Waals surface area contributed by atoms with Gasteiger partial charge in [0, 0.05) is 0 Å². The third-order valence-corrected chi connectivity index (χ3v) is 1.85. The van der Waals surface area contributed by atoms with Crippen molar-refractivity contribution in [3.05, 3.63) is 46.7 Å². The van der Waals surface area contributed by atoms with Crippen molar-refractivity contribution in [3.63, 3.8) is 0 Å². The third kappa shape index (κ3) is 2.83. The molecule has 0 aromatic carbocycles. The first-order valence-electron chi connectivity index (χ1n) is 3.20. The lowest BCUT2D eigenvalue weighted by Gasteiger charge is -1.73. The first-order chi connectivity index (χ1) is 5.43. The standard InChI is InChI=1S/C9H7NS/c10-8-9-6-4-2-1-3-5-7-11-9/h1-7H. The van der Waals surface area contributed by atoms with Crippen LogP contribution in [0.1, 0.15) is 4.88 Å². The van der Waals surface area contributed by atoms with E-state index in [0.29, 0.717) is 4.88 Å². The predicted molar refractivity (Wildman–Crippen MR) is 46.7 cm³/mol. The van der Waals surface area contributed by atoms with Crippen molar-refractivity contribution in [1.29, 1.82) is 5.26 Å². The van der Waals surface area contributed by atoms with Crippen LogP contribution in [-0.2, 0) is 0 Å². The summed E-state index contributed by atoms with van der Waals surface area (Å²) < 4.78 is 0. The topological polar surface area (TPSA) is 23.8 Å². The Labute approximate surface area is 69.9 Å². The van der Waals surface area contributed by atoms with E-state index in [1.165, 1.54) is 11.3 Å². The number of rotatable bonds is 0. The van der Waals surface area contributed by atoms with E-state index >= 15 is 0 Å². The average molecular weight is 161 g/mol. The highest BCUT2D eigenvalue weighted by atomic mass is 32.1. The van der Waals surface area contributed by atoms with Crippen LogP contribution in [0, 0.1) is 11.3 Å². The number of nitriles is 1. The van der Waals surface area contributed by atoms with Crippen molar-refractivity contribution in [2.75, 3.05) is 0 Å². The van der Waals surface area contributed by atoms with Crippen LogP contribution in [0.25, 0.3) is 0 Å². The lowest BCUT2D eigenvalue weighted by atomic mass is 10.4. The molecule has 1 nitrogen and oxygen atoms in total. The largest absolute Gasteiger partial charge is 0.192 e. The maximum atomic E-state index is 8.57. The summed E-state index contributed by atoms with van der Waals surface area (Å²) in [5.41, 5.74) is 0. The van der Waals surface area contributed by atoms with Crippen molar-refractivity contribution in [2.24, 2.45) is 0 Å².